The molecule has 0 saturated carbocycles. The molecule has 160 valence electrons. The van der Waals surface area contributed by atoms with Crippen LogP contribution < -0.4 is 14.4 Å². The summed E-state index contributed by atoms with van der Waals surface area (Å²) in [6.07, 6.45) is 1.24. The van der Waals surface area contributed by atoms with E-state index in [0.717, 1.165) is 11.3 Å². The molecule has 0 bridgehead atoms. The molecule has 0 radical (unpaired) electrons. The monoisotopic (exact) mass is 457 g/mol. The van der Waals surface area contributed by atoms with E-state index >= 15 is 0 Å². The molecule has 1 aliphatic carbocycles. The van der Waals surface area contributed by atoms with Crippen molar-refractivity contribution in [2.45, 2.75) is 39.0 Å². The van der Waals surface area contributed by atoms with Crippen LogP contribution in [0.3, 0.4) is 0 Å². The number of halogens is 2. The second kappa shape index (κ2) is 7.28. The number of amides is 1. The van der Waals surface area contributed by atoms with Gasteiger partial charge in [0.15, 0.2) is 17.3 Å². The zero-order valence-electron chi connectivity index (χ0n) is 17.2. The van der Waals surface area contributed by atoms with Crippen molar-refractivity contribution in [1.29, 1.82) is 0 Å². The van der Waals surface area contributed by atoms with Crippen LogP contribution in [-0.2, 0) is 9.59 Å². The number of fused-ring (bicyclic) bond motifs is 1. The fourth-order valence-corrected chi connectivity index (χ4v) is 5.05. The van der Waals surface area contributed by atoms with E-state index in [9.17, 15) is 9.59 Å². The molecule has 0 spiro atoms. The first-order chi connectivity index (χ1) is 14.7. The maximum atomic E-state index is 13.4. The van der Waals surface area contributed by atoms with Gasteiger partial charge in [-0.2, -0.15) is 0 Å². The molecule has 2 heterocycles. The van der Waals surface area contributed by atoms with E-state index in [1.54, 1.807) is 23.1 Å². The van der Waals surface area contributed by atoms with Crippen molar-refractivity contribution in [2.75, 3.05) is 11.7 Å². The Labute approximate surface area is 190 Å². The fraction of sp³-hybridized carbons (Fsp3) is 0.333. The minimum absolute atomic E-state index is 0.0754. The number of nitrogens with zero attached hydrogens (tertiary/aromatic N) is 1. The zero-order chi connectivity index (χ0) is 21.9. The maximum absolute atomic E-state index is 13.4. The van der Waals surface area contributed by atoms with Gasteiger partial charge >= 0.3 is 0 Å². The van der Waals surface area contributed by atoms with Gasteiger partial charge in [0.2, 0.25) is 12.7 Å². The lowest BCUT2D eigenvalue weighted by Gasteiger charge is -2.43. The third-order valence-electron chi connectivity index (χ3n) is 6.10. The summed E-state index contributed by atoms with van der Waals surface area (Å²) in [5, 5.41) is 0.788. The molecule has 0 saturated heterocycles. The van der Waals surface area contributed by atoms with Crippen LogP contribution in [0.25, 0.3) is 0 Å². The molecule has 1 atom stereocenters. The number of ether oxygens (including phenoxy) is 2. The van der Waals surface area contributed by atoms with Crippen molar-refractivity contribution in [2.24, 2.45) is 5.41 Å². The Kier molecular flexibility index (Phi) is 4.79. The predicted molar refractivity (Wildman–Crippen MR) is 119 cm³/mol. The molecular formula is C24H21Cl2NO4. The third-order valence-corrected chi connectivity index (χ3v) is 6.84. The Morgan fingerprint density at radius 1 is 0.968 bits per heavy atom. The van der Waals surface area contributed by atoms with E-state index < -0.39 is 0 Å². The Balaban J connectivity index is 1.66. The van der Waals surface area contributed by atoms with Crippen molar-refractivity contribution in [1.82, 2.24) is 0 Å². The summed E-state index contributed by atoms with van der Waals surface area (Å²) in [7, 11) is 0. The van der Waals surface area contributed by atoms with E-state index in [1.165, 1.54) is 0 Å². The van der Waals surface area contributed by atoms with Crippen LogP contribution in [0, 0.1) is 5.41 Å². The lowest BCUT2D eigenvalue weighted by molar-refractivity contribution is -0.121. The lowest BCUT2D eigenvalue weighted by Crippen LogP contribution is -2.43. The fourth-order valence-electron chi connectivity index (χ4n) is 4.75. The summed E-state index contributed by atoms with van der Waals surface area (Å²) in [5.41, 5.74) is 2.71. The molecule has 2 aromatic carbocycles. The minimum Gasteiger partial charge on any atom is -0.454 e. The number of carbonyl (C=O) groups is 2. The SMILES string of the molecule is CC1(C)CC(=O)C2=C(C1)N(c1ccc(Cl)c(Cl)c1)C(=O)C[C@@H]2c1ccc2c(c1)OCO2. The van der Waals surface area contributed by atoms with Gasteiger partial charge in [0.25, 0.3) is 0 Å². The Morgan fingerprint density at radius 2 is 1.74 bits per heavy atom. The van der Waals surface area contributed by atoms with Gasteiger partial charge in [-0.05, 0) is 47.7 Å². The van der Waals surface area contributed by atoms with Gasteiger partial charge < -0.3 is 9.47 Å². The van der Waals surface area contributed by atoms with Gasteiger partial charge in [-0.15, -0.1) is 0 Å². The van der Waals surface area contributed by atoms with Gasteiger partial charge in [0.05, 0.1) is 15.7 Å². The van der Waals surface area contributed by atoms with E-state index in [-0.39, 0.29) is 36.2 Å². The van der Waals surface area contributed by atoms with Crippen LogP contribution in [0.15, 0.2) is 47.7 Å². The van der Waals surface area contributed by atoms with Crippen molar-refractivity contribution >= 4 is 40.6 Å². The molecule has 0 unspecified atom stereocenters. The molecule has 7 heteroatoms. The van der Waals surface area contributed by atoms with Crippen LogP contribution in [0.5, 0.6) is 11.5 Å². The van der Waals surface area contributed by atoms with Crippen molar-refractivity contribution in [3.05, 3.63) is 63.3 Å². The van der Waals surface area contributed by atoms with Crippen LogP contribution in [0.1, 0.15) is 44.6 Å². The number of allylic oxidation sites excluding steroid dienone is 2. The highest BCUT2D eigenvalue weighted by Gasteiger charge is 2.44. The number of benzene rings is 2. The average molecular weight is 458 g/mol. The van der Waals surface area contributed by atoms with Gasteiger partial charge in [0, 0.05) is 30.0 Å². The van der Waals surface area contributed by atoms with Gasteiger partial charge in [-0.3, -0.25) is 14.5 Å². The largest absolute Gasteiger partial charge is 0.454 e. The molecule has 3 aliphatic rings. The Bertz CT molecular complexity index is 1150. The second-order valence-corrected chi connectivity index (χ2v) is 9.81. The summed E-state index contributed by atoms with van der Waals surface area (Å²) < 4.78 is 10.9. The van der Waals surface area contributed by atoms with Crippen molar-refractivity contribution < 1.29 is 19.1 Å². The highest BCUT2D eigenvalue weighted by atomic mass is 35.5. The van der Waals surface area contributed by atoms with Crippen molar-refractivity contribution in [3.63, 3.8) is 0 Å². The molecular weight excluding hydrogens is 437 g/mol. The Morgan fingerprint density at radius 3 is 2.52 bits per heavy atom. The third kappa shape index (κ3) is 3.50. The molecule has 5 nitrogen and oxygen atoms in total. The molecule has 0 fully saturated rings. The van der Waals surface area contributed by atoms with Gasteiger partial charge in [-0.1, -0.05) is 43.1 Å². The topological polar surface area (TPSA) is 55.8 Å². The van der Waals surface area contributed by atoms with E-state index in [2.05, 4.69) is 13.8 Å². The van der Waals surface area contributed by atoms with Gasteiger partial charge in [0.1, 0.15) is 0 Å². The van der Waals surface area contributed by atoms with Crippen LogP contribution in [0.4, 0.5) is 5.69 Å². The summed E-state index contributed by atoms with van der Waals surface area (Å²) in [6, 6.07) is 10.8. The molecule has 1 amide bonds. The number of hydrogen-bond acceptors (Lipinski definition) is 4. The summed E-state index contributed by atoms with van der Waals surface area (Å²) in [4.78, 5) is 28.4. The Hall–Kier alpha value is -2.50. The van der Waals surface area contributed by atoms with E-state index in [1.807, 2.05) is 18.2 Å². The number of ketones is 1. The average Bonchev–Trinajstić information content (AvgIpc) is 3.16. The molecule has 0 aromatic heterocycles. The molecule has 0 N–H and O–H groups in total. The molecule has 31 heavy (non-hydrogen) atoms. The highest BCUT2D eigenvalue weighted by molar-refractivity contribution is 6.42. The first-order valence-corrected chi connectivity index (χ1v) is 10.9. The first-order valence-electron chi connectivity index (χ1n) is 10.2. The quantitative estimate of drug-likeness (QED) is 0.564. The normalized spacial score (nSPS) is 22.1. The van der Waals surface area contributed by atoms with Crippen molar-refractivity contribution in [3.8, 4) is 11.5 Å². The predicted octanol–water partition coefficient (Wildman–Crippen LogP) is 5.89. The second-order valence-electron chi connectivity index (χ2n) is 9.00. The van der Waals surface area contributed by atoms with Gasteiger partial charge in [-0.25, -0.2) is 0 Å². The minimum atomic E-state index is -0.320. The number of carbonyl (C=O) groups excluding carboxylic acids is 2. The standard InChI is InChI=1S/C24H21Cl2NO4/c1-24(2)10-18-23(19(28)11-24)15(13-3-6-20-21(7-13)31-12-30-20)9-22(29)27(18)14-4-5-16(25)17(26)8-14/h3-8,15H,9-12H2,1-2H3/t15-/m1/s1. The number of rotatable bonds is 2. The first kappa shape index (κ1) is 20.4. The van der Waals surface area contributed by atoms with E-state index in [4.69, 9.17) is 32.7 Å². The van der Waals surface area contributed by atoms with E-state index in [0.29, 0.717) is 45.6 Å². The molecule has 5 rings (SSSR count). The van der Waals surface area contributed by atoms with Crippen LogP contribution >= 0.6 is 23.2 Å². The smallest absolute Gasteiger partial charge is 0.232 e. The molecule has 2 aromatic rings. The summed E-state index contributed by atoms with van der Waals surface area (Å²) in [6.45, 7) is 4.28. The molecule has 2 aliphatic heterocycles. The number of Topliss-reactive ketones (excluding diaryl/α,β-unsaturated/α-hetero) is 1. The zero-order valence-corrected chi connectivity index (χ0v) is 18.7. The summed E-state index contributed by atoms with van der Waals surface area (Å²) in [5.74, 6) is 0.993. The highest BCUT2D eigenvalue weighted by Crippen LogP contribution is 2.49. The number of hydrogen-bond donors (Lipinski definition) is 0. The van der Waals surface area contributed by atoms with Crippen LogP contribution in [0.2, 0.25) is 10.0 Å². The lowest BCUT2D eigenvalue weighted by atomic mass is 9.69. The summed E-state index contributed by atoms with van der Waals surface area (Å²) >= 11 is 12.3. The van der Waals surface area contributed by atoms with Crippen LogP contribution in [-0.4, -0.2) is 18.5 Å². The number of anilines is 1. The maximum Gasteiger partial charge on any atom is 0.232 e.